The molecular formula is C18H17N5O3S. The van der Waals surface area contributed by atoms with Crippen molar-refractivity contribution in [2.45, 2.75) is 12.1 Å². The lowest BCUT2D eigenvalue weighted by Crippen LogP contribution is -2.49. The number of aryl methyl sites for hydroxylation is 1. The van der Waals surface area contributed by atoms with Crippen LogP contribution in [-0.2, 0) is 4.79 Å². The number of rotatable bonds is 4. The molecule has 0 N–H and O–H groups in total. The van der Waals surface area contributed by atoms with E-state index >= 15 is 0 Å². The fraction of sp³-hybridized carbons (Fsp3) is 0.333. The molecule has 27 heavy (non-hydrogen) atoms. The van der Waals surface area contributed by atoms with E-state index in [2.05, 4.69) is 9.97 Å². The van der Waals surface area contributed by atoms with E-state index < -0.39 is 0 Å². The predicted molar refractivity (Wildman–Crippen MR) is 99.5 cm³/mol. The van der Waals surface area contributed by atoms with Gasteiger partial charge in [0, 0.05) is 33.1 Å². The monoisotopic (exact) mass is 383 g/mol. The van der Waals surface area contributed by atoms with E-state index in [0.29, 0.717) is 48.9 Å². The van der Waals surface area contributed by atoms with Crippen molar-refractivity contribution in [2.24, 2.45) is 0 Å². The van der Waals surface area contributed by atoms with Crippen molar-refractivity contribution in [3.05, 3.63) is 35.9 Å². The molecule has 1 amide bonds. The molecule has 0 spiro atoms. The topological polar surface area (TPSA) is 99.4 Å². The molecule has 3 aromatic rings. The Kier molecular flexibility index (Phi) is 4.73. The highest BCUT2D eigenvalue weighted by atomic mass is 32.2. The number of oxazole rings is 2. The maximum atomic E-state index is 12.5. The Labute approximate surface area is 159 Å². The summed E-state index contributed by atoms with van der Waals surface area (Å²) in [7, 11) is 0. The Morgan fingerprint density at radius 2 is 2.00 bits per heavy atom. The number of piperazine rings is 1. The van der Waals surface area contributed by atoms with Gasteiger partial charge in [-0.1, -0.05) is 23.9 Å². The van der Waals surface area contributed by atoms with E-state index in [4.69, 9.17) is 14.1 Å². The molecule has 1 aliphatic rings. The number of carbonyl (C=O) groups excluding carboxylic acids is 1. The molecule has 3 heterocycles. The lowest BCUT2D eigenvalue weighted by Gasteiger charge is -2.34. The number of aromatic nitrogens is 2. The second-order valence-electron chi connectivity index (χ2n) is 6.10. The van der Waals surface area contributed by atoms with Gasteiger partial charge >= 0.3 is 0 Å². The summed E-state index contributed by atoms with van der Waals surface area (Å²) in [4.78, 5) is 24.7. The van der Waals surface area contributed by atoms with Gasteiger partial charge in [0.05, 0.1) is 5.75 Å². The Hall–Kier alpha value is -2.99. The van der Waals surface area contributed by atoms with Crippen LogP contribution >= 0.6 is 11.8 Å². The van der Waals surface area contributed by atoms with Crippen LogP contribution in [0.1, 0.15) is 11.6 Å². The van der Waals surface area contributed by atoms with Gasteiger partial charge in [-0.15, -0.1) is 0 Å². The molecule has 1 aromatic carbocycles. The Morgan fingerprint density at radius 3 is 2.74 bits per heavy atom. The van der Waals surface area contributed by atoms with Crippen molar-refractivity contribution >= 4 is 34.7 Å². The number of amides is 1. The third-order valence-electron chi connectivity index (χ3n) is 4.34. The fourth-order valence-corrected chi connectivity index (χ4v) is 3.73. The molecule has 0 unspecified atom stereocenters. The smallest absolute Gasteiger partial charge is 0.257 e. The minimum Gasteiger partial charge on any atom is -0.431 e. The van der Waals surface area contributed by atoms with Crippen LogP contribution in [0.4, 0.5) is 5.88 Å². The zero-order valence-corrected chi connectivity index (χ0v) is 15.5. The highest BCUT2D eigenvalue weighted by molar-refractivity contribution is 7.99. The van der Waals surface area contributed by atoms with Gasteiger partial charge in [-0.3, -0.25) is 4.79 Å². The van der Waals surface area contributed by atoms with Crippen LogP contribution in [0, 0.1) is 18.3 Å². The van der Waals surface area contributed by atoms with Crippen molar-refractivity contribution in [1.82, 2.24) is 14.9 Å². The number of carbonyl (C=O) groups is 1. The van der Waals surface area contributed by atoms with Gasteiger partial charge < -0.3 is 18.6 Å². The van der Waals surface area contributed by atoms with Crippen LogP contribution in [0.3, 0.4) is 0 Å². The van der Waals surface area contributed by atoms with E-state index in [-0.39, 0.29) is 11.7 Å². The van der Waals surface area contributed by atoms with E-state index in [1.54, 1.807) is 11.8 Å². The van der Waals surface area contributed by atoms with Gasteiger partial charge in [0.2, 0.25) is 17.5 Å². The molecule has 9 heteroatoms. The number of thioether (sulfide) groups is 1. The van der Waals surface area contributed by atoms with Crippen LogP contribution in [0.2, 0.25) is 0 Å². The number of hydrogen-bond donors (Lipinski definition) is 0. The summed E-state index contributed by atoms with van der Waals surface area (Å²) in [5.74, 6) is 1.27. The van der Waals surface area contributed by atoms with Crippen molar-refractivity contribution < 1.29 is 13.6 Å². The second kappa shape index (κ2) is 7.32. The summed E-state index contributed by atoms with van der Waals surface area (Å²) in [5.41, 5.74) is 1.80. The number of nitriles is 1. The standard InChI is InChI=1S/C18H17N5O3S/c1-12-20-14(10-19)17(25-12)23-8-6-22(7-9-23)16(24)11-27-18-21-13-4-2-3-5-15(13)26-18/h2-5H,6-9,11H2,1H3. The second-order valence-corrected chi connectivity index (χ2v) is 7.03. The first kappa shape index (κ1) is 17.4. The highest BCUT2D eigenvalue weighted by Gasteiger charge is 2.26. The number of benzene rings is 1. The summed E-state index contributed by atoms with van der Waals surface area (Å²) < 4.78 is 11.2. The molecule has 138 valence electrons. The third-order valence-corrected chi connectivity index (χ3v) is 5.15. The molecule has 0 saturated carbocycles. The molecule has 0 aliphatic carbocycles. The van der Waals surface area contributed by atoms with Crippen LogP contribution in [-0.4, -0.2) is 52.7 Å². The SMILES string of the molecule is Cc1nc(C#N)c(N2CCN(C(=O)CSc3nc4ccccc4o3)CC2)o1. The molecule has 0 bridgehead atoms. The van der Waals surface area contributed by atoms with Crippen LogP contribution in [0.15, 0.2) is 38.3 Å². The van der Waals surface area contributed by atoms with E-state index in [9.17, 15) is 4.79 Å². The summed E-state index contributed by atoms with van der Waals surface area (Å²) >= 11 is 1.30. The fourth-order valence-electron chi connectivity index (χ4n) is 2.99. The molecule has 1 aliphatic heterocycles. The highest BCUT2D eigenvalue weighted by Crippen LogP contribution is 2.25. The summed E-state index contributed by atoms with van der Waals surface area (Å²) in [5, 5.41) is 9.65. The van der Waals surface area contributed by atoms with E-state index in [1.165, 1.54) is 11.8 Å². The average molecular weight is 383 g/mol. The zero-order valence-electron chi connectivity index (χ0n) is 14.7. The molecule has 4 rings (SSSR count). The largest absolute Gasteiger partial charge is 0.431 e. The van der Waals surface area contributed by atoms with Crippen LogP contribution in [0.25, 0.3) is 11.1 Å². The minimum absolute atomic E-state index is 0.0381. The number of para-hydroxylation sites is 2. The van der Waals surface area contributed by atoms with Crippen LogP contribution in [0.5, 0.6) is 0 Å². The maximum absolute atomic E-state index is 12.5. The summed E-state index contributed by atoms with van der Waals surface area (Å²) in [6.07, 6.45) is 0. The number of nitrogens with zero attached hydrogens (tertiary/aromatic N) is 5. The summed E-state index contributed by atoms with van der Waals surface area (Å²) in [6.45, 7) is 4.05. The maximum Gasteiger partial charge on any atom is 0.257 e. The molecule has 2 aromatic heterocycles. The Bertz CT molecular complexity index is 981. The third kappa shape index (κ3) is 3.61. The number of hydrogen-bond acceptors (Lipinski definition) is 8. The first-order valence-electron chi connectivity index (χ1n) is 8.52. The first-order chi connectivity index (χ1) is 13.1. The first-order valence-corrected chi connectivity index (χ1v) is 9.51. The Morgan fingerprint density at radius 1 is 1.22 bits per heavy atom. The predicted octanol–water partition coefficient (Wildman–Crippen LogP) is 2.44. The molecule has 0 radical (unpaired) electrons. The lowest BCUT2D eigenvalue weighted by atomic mass is 10.3. The van der Waals surface area contributed by atoms with E-state index in [1.807, 2.05) is 35.2 Å². The van der Waals surface area contributed by atoms with Crippen molar-refractivity contribution in [2.75, 3.05) is 36.8 Å². The molecule has 0 atom stereocenters. The molecule has 8 nitrogen and oxygen atoms in total. The minimum atomic E-state index is 0.0381. The average Bonchev–Trinajstić information content (AvgIpc) is 3.28. The van der Waals surface area contributed by atoms with Gasteiger partial charge in [-0.25, -0.2) is 9.97 Å². The summed E-state index contributed by atoms with van der Waals surface area (Å²) in [6, 6.07) is 9.57. The quantitative estimate of drug-likeness (QED) is 0.634. The number of anilines is 1. The lowest BCUT2D eigenvalue weighted by molar-refractivity contribution is -0.128. The van der Waals surface area contributed by atoms with E-state index in [0.717, 1.165) is 11.1 Å². The molecule has 1 saturated heterocycles. The Balaban J connectivity index is 1.32. The van der Waals surface area contributed by atoms with Crippen LogP contribution < -0.4 is 4.90 Å². The number of fused-ring (bicyclic) bond motifs is 1. The van der Waals surface area contributed by atoms with Gasteiger partial charge in [0.1, 0.15) is 11.6 Å². The van der Waals surface area contributed by atoms with Crippen molar-refractivity contribution in [1.29, 1.82) is 5.26 Å². The van der Waals surface area contributed by atoms with Crippen molar-refractivity contribution in [3.8, 4) is 6.07 Å². The van der Waals surface area contributed by atoms with Gasteiger partial charge in [0.15, 0.2) is 11.5 Å². The molecular weight excluding hydrogens is 366 g/mol. The van der Waals surface area contributed by atoms with Gasteiger partial charge in [0.25, 0.3) is 5.22 Å². The van der Waals surface area contributed by atoms with Crippen molar-refractivity contribution in [3.63, 3.8) is 0 Å². The normalized spacial score (nSPS) is 14.5. The zero-order chi connectivity index (χ0) is 18.8. The van der Waals surface area contributed by atoms with Gasteiger partial charge in [-0.2, -0.15) is 5.26 Å². The molecule has 1 fully saturated rings. The van der Waals surface area contributed by atoms with Gasteiger partial charge in [-0.05, 0) is 12.1 Å².